The first kappa shape index (κ1) is 16.5. The van der Waals surface area contributed by atoms with Gasteiger partial charge in [-0.25, -0.2) is 0 Å². The van der Waals surface area contributed by atoms with Gasteiger partial charge in [-0.1, -0.05) is 31.9 Å². The zero-order valence-corrected chi connectivity index (χ0v) is 12.4. The molecule has 0 aromatic heterocycles. The zero-order valence-electron chi connectivity index (χ0n) is 12.4. The van der Waals surface area contributed by atoms with Gasteiger partial charge in [0.05, 0.1) is 5.41 Å². The molecule has 1 atom stereocenters. The molecule has 1 unspecified atom stereocenters. The minimum Gasteiger partial charge on any atom is -0.492 e. The van der Waals surface area contributed by atoms with Crippen LogP contribution in [0.2, 0.25) is 0 Å². The summed E-state index contributed by atoms with van der Waals surface area (Å²) in [5.74, 6) is 0.0409. The maximum atomic E-state index is 11.5. The number of rotatable bonds is 9. The summed E-state index contributed by atoms with van der Waals surface area (Å²) in [5, 5.41) is 9.45. The number of aliphatic carboxylic acids is 1. The Bertz CT molecular complexity index is 416. The SMILES string of the molecule is CCCCC(C)(Cc1ccc(OCCN)cc1)C(=O)O. The zero-order chi connectivity index (χ0) is 15.0. The third kappa shape index (κ3) is 4.85. The highest BCUT2D eigenvalue weighted by atomic mass is 16.5. The largest absolute Gasteiger partial charge is 0.492 e. The van der Waals surface area contributed by atoms with Crippen LogP contribution in [0.1, 0.15) is 38.7 Å². The second-order valence-electron chi connectivity index (χ2n) is 5.43. The van der Waals surface area contributed by atoms with Gasteiger partial charge in [-0.3, -0.25) is 4.79 Å². The van der Waals surface area contributed by atoms with Crippen molar-refractivity contribution in [2.75, 3.05) is 13.2 Å². The molecule has 0 saturated carbocycles. The summed E-state index contributed by atoms with van der Waals surface area (Å²) < 4.78 is 5.41. The molecular weight excluding hydrogens is 254 g/mol. The van der Waals surface area contributed by atoms with E-state index in [1.54, 1.807) is 0 Å². The van der Waals surface area contributed by atoms with Crippen molar-refractivity contribution in [1.29, 1.82) is 0 Å². The first-order chi connectivity index (χ1) is 9.51. The van der Waals surface area contributed by atoms with E-state index in [0.717, 1.165) is 24.2 Å². The molecule has 0 saturated heterocycles. The Kier molecular flexibility index (Phi) is 6.52. The summed E-state index contributed by atoms with van der Waals surface area (Å²) in [6.07, 6.45) is 3.18. The highest BCUT2D eigenvalue weighted by Gasteiger charge is 2.32. The van der Waals surface area contributed by atoms with Crippen molar-refractivity contribution in [1.82, 2.24) is 0 Å². The molecule has 0 bridgehead atoms. The maximum Gasteiger partial charge on any atom is 0.309 e. The number of ether oxygens (including phenoxy) is 1. The summed E-state index contributed by atoms with van der Waals surface area (Å²) in [5.41, 5.74) is 5.70. The highest BCUT2D eigenvalue weighted by molar-refractivity contribution is 5.74. The maximum absolute atomic E-state index is 11.5. The van der Waals surface area contributed by atoms with Gasteiger partial charge in [0.25, 0.3) is 0 Å². The number of hydrogen-bond donors (Lipinski definition) is 2. The fourth-order valence-electron chi connectivity index (χ4n) is 2.17. The van der Waals surface area contributed by atoms with E-state index in [1.165, 1.54) is 0 Å². The summed E-state index contributed by atoms with van der Waals surface area (Å²) in [7, 11) is 0. The van der Waals surface area contributed by atoms with Crippen LogP contribution in [-0.2, 0) is 11.2 Å². The number of carboxylic acids is 1. The quantitative estimate of drug-likeness (QED) is 0.729. The summed E-state index contributed by atoms with van der Waals surface area (Å²) in [6, 6.07) is 7.60. The van der Waals surface area contributed by atoms with Crippen molar-refractivity contribution in [3.05, 3.63) is 29.8 Å². The topological polar surface area (TPSA) is 72.5 Å². The number of benzene rings is 1. The Morgan fingerprint density at radius 1 is 1.35 bits per heavy atom. The molecule has 1 aromatic rings. The number of carbonyl (C=O) groups is 1. The van der Waals surface area contributed by atoms with E-state index in [-0.39, 0.29) is 0 Å². The summed E-state index contributed by atoms with van der Waals surface area (Å²) in [4.78, 5) is 11.5. The van der Waals surface area contributed by atoms with Crippen molar-refractivity contribution >= 4 is 5.97 Å². The van der Waals surface area contributed by atoms with E-state index >= 15 is 0 Å². The van der Waals surface area contributed by atoms with Crippen molar-refractivity contribution in [3.8, 4) is 5.75 Å². The molecular formula is C16H25NO3. The fraction of sp³-hybridized carbons (Fsp3) is 0.562. The minimum absolute atomic E-state index is 0.482. The smallest absolute Gasteiger partial charge is 0.309 e. The first-order valence-corrected chi connectivity index (χ1v) is 7.17. The molecule has 0 heterocycles. The lowest BCUT2D eigenvalue weighted by Crippen LogP contribution is -2.30. The van der Waals surface area contributed by atoms with Gasteiger partial charge in [0.2, 0.25) is 0 Å². The predicted octanol–water partition coefficient (Wildman–Crippen LogP) is 2.85. The Balaban J connectivity index is 2.71. The van der Waals surface area contributed by atoms with E-state index in [9.17, 15) is 9.90 Å². The van der Waals surface area contributed by atoms with Crippen LogP contribution in [0.5, 0.6) is 5.75 Å². The van der Waals surface area contributed by atoms with Gasteiger partial charge in [-0.05, 0) is 37.5 Å². The highest BCUT2D eigenvalue weighted by Crippen LogP contribution is 2.30. The molecule has 4 heteroatoms. The van der Waals surface area contributed by atoms with E-state index in [1.807, 2.05) is 31.2 Å². The van der Waals surface area contributed by atoms with Gasteiger partial charge in [-0.15, -0.1) is 0 Å². The van der Waals surface area contributed by atoms with Crippen LogP contribution in [0.3, 0.4) is 0 Å². The Morgan fingerprint density at radius 3 is 2.50 bits per heavy atom. The van der Waals surface area contributed by atoms with Crippen LogP contribution >= 0.6 is 0 Å². The lowest BCUT2D eigenvalue weighted by molar-refractivity contribution is -0.148. The summed E-state index contributed by atoms with van der Waals surface area (Å²) >= 11 is 0. The van der Waals surface area contributed by atoms with E-state index in [4.69, 9.17) is 10.5 Å². The molecule has 4 nitrogen and oxygen atoms in total. The van der Waals surface area contributed by atoms with Gasteiger partial charge < -0.3 is 15.6 Å². The number of carboxylic acid groups (broad SMARTS) is 1. The van der Waals surface area contributed by atoms with E-state index in [0.29, 0.717) is 26.0 Å². The Morgan fingerprint density at radius 2 is 2.00 bits per heavy atom. The molecule has 1 aromatic carbocycles. The van der Waals surface area contributed by atoms with E-state index in [2.05, 4.69) is 6.92 Å². The molecule has 3 N–H and O–H groups in total. The second kappa shape index (κ2) is 7.90. The van der Waals surface area contributed by atoms with Gasteiger partial charge in [0.15, 0.2) is 0 Å². The van der Waals surface area contributed by atoms with Crippen molar-refractivity contribution in [2.24, 2.45) is 11.1 Å². The standard InChI is InChI=1S/C16H25NO3/c1-3-4-9-16(2,15(18)19)12-13-5-7-14(8-6-13)20-11-10-17/h5-8H,3-4,9-12,17H2,1-2H3,(H,18,19). The molecule has 1 rings (SSSR count). The first-order valence-electron chi connectivity index (χ1n) is 7.17. The third-order valence-electron chi connectivity index (χ3n) is 3.50. The number of nitrogens with two attached hydrogens (primary N) is 1. The molecule has 0 spiro atoms. The van der Waals surface area contributed by atoms with Crippen LogP contribution in [0.4, 0.5) is 0 Å². The van der Waals surface area contributed by atoms with Gasteiger partial charge in [0.1, 0.15) is 12.4 Å². The van der Waals surface area contributed by atoms with Crippen molar-refractivity contribution in [3.63, 3.8) is 0 Å². The van der Waals surface area contributed by atoms with Crippen molar-refractivity contribution < 1.29 is 14.6 Å². The Hall–Kier alpha value is -1.55. The lowest BCUT2D eigenvalue weighted by Gasteiger charge is -2.24. The predicted molar refractivity (Wildman–Crippen MR) is 80.0 cm³/mol. The molecule has 0 amide bonds. The van der Waals surface area contributed by atoms with Gasteiger partial charge >= 0.3 is 5.97 Å². The molecule has 0 aliphatic carbocycles. The van der Waals surface area contributed by atoms with Crippen LogP contribution in [-0.4, -0.2) is 24.2 Å². The Labute approximate surface area is 120 Å². The molecule has 112 valence electrons. The van der Waals surface area contributed by atoms with Gasteiger partial charge in [-0.2, -0.15) is 0 Å². The van der Waals surface area contributed by atoms with Gasteiger partial charge in [0, 0.05) is 6.54 Å². The molecule has 0 aliphatic heterocycles. The minimum atomic E-state index is -0.727. The summed E-state index contributed by atoms with van der Waals surface area (Å²) in [6.45, 7) is 4.87. The average Bonchev–Trinajstić information content (AvgIpc) is 2.44. The molecule has 0 fully saturated rings. The monoisotopic (exact) mass is 279 g/mol. The van der Waals surface area contributed by atoms with Crippen LogP contribution in [0.25, 0.3) is 0 Å². The lowest BCUT2D eigenvalue weighted by atomic mass is 9.79. The van der Waals surface area contributed by atoms with E-state index < -0.39 is 11.4 Å². The van der Waals surface area contributed by atoms with Crippen LogP contribution in [0.15, 0.2) is 24.3 Å². The molecule has 0 aliphatic rings. The number of hydrogen-bond acceptors (Lipinski definition) is 3. The third-order valence-corrected chi connectivity index (χ3v) is 3.50. The average molecular weight is 279 g/mol. The fourth-order valence-corrected chi connectivity index (χ4v) is 2.17. The normalized spacial score (nSPS) is 13.8. The molecule has 20 heavy (non-hydrogen) atoms. The van der Waals surface area contributed by atoms with Crippen LogP contribution in [0, 0.1) is 5.41 Å². The second-order valence-corrected chi connectivity index (χ2v) is 5.43. The molecule has 0 radical (unpaired) electrons. The van der Waals surface area contributed by atoms with Crippen molar-refractivity contribution in [2.45, 2.75) is 39.5 Å². The van der Waals surface area contributed by atoms with Crippen LogP contribution < -0.4 is 10.5 Å². The number of unbranched alkanes of at least 4 members (excludes halogenated alkanes) is 1.